The number of H-pyrrole nitrogens is 1. The van der Waals surface area contributed by atoms with Gasteiger partial charge in [0.1, 0.15) is 28.8 Å². The number of benzene rings is 1. The van der Waals surface area contributed by atoms with Crippen molar-refractivity contribution in [1.82, 2.24) is 34.9 Å². The maximum atomic E-state index is 4.57. The van der Waals surface area contributed by atoms with Crippen LogP contribution >= 0.6 is 0 Å². The summed E-state index contributed by atoms with van der Waals surface area (Å²) in [5.41, 5.74) is 8.73. The van der Waals surface area contributed by atoms with Crippen LogP contribution in [0, 0.1) is 0 Å². The number of aromatic nitrogens is 7. The number of aryl methyl sites for hydroxylation is 1. The second kappa shape index (κ2) is 5.71. The average Bonchev–Trinajstić information content (AvgIpc) is 3.29. The Labute approximate surface area is 165 Å². The molecular weight excluding hydrogens is 364 g/mol. The topological polar surface area (TPSA) is 97.2 Å². The molecule has 8 heteroatoms. The molecule has 0 saturated heterocycles. The molecule has 0 unspecified atom stereocenters. The first-order chi connectivity index (χ1) is 14.2. The normalized spacial score (nSPS) is 12.6. The van der Waals surface area contributed by atoms with Crippen LogP contribution in [0.1, 0.15) is 11.3 Å². The molecule has 0 aliphatic carbocycles. The quantitative estimate of drug-likeness (QED) is 0.486. The van der Waals surface area contributed by atoms with Gasteiger partial charge in [0.2, 0.25) is 0 Å². The predicted molar refractivity (Wildman–Crippen MR) is 112 cm³/mol. The van der Waals surface area contributed by atoms with E-state index in [0.717, 1.165) is 61.5 Å². The minimum Gasteiger partial charge on any atom is -0.365 e. The van der Waals surface area contributed by atoms with E-state index in [0.29, 0.717) is 6.54 Å². The van der Waals surface area contributed by atoms with E-state index in [1.807, 2.05) is 19.3 Å². The van der Waals surface area contributed by atoms with Gasteiger partial charge in [-0.25, -0.2) is 9.97 Å². The summed E-state index contributed by atoms with van der Waals surface area (Å²) in [6, 6.07) is 8.19. The summed E-state index contributed by atoms with van der Waals surface area (Å²) in [5.74, 6) is 0.825. The van der Waals surface area contributed by atoms with Gasteiger partial charge in [0.25, 0.3) is 0 Å². The lowest BCUT2D eigenvalue weighted by Crippen LogP contribution is -2.02. The van der Waals surface area contributed by atoms with Crippen molar-refractivity contribution in [2.45, 2.75) is 6.54 Å². The number of fused-ring (bicyclic) bond motifs is 3. The van der Waals surface area contributed by atoms with E-state index in [4.69, 9.17) is 0 Å². The summed E-state index contributed by atoms with van der Waals surface area (Å²) in [4.78, 5) is 13.6. The Morgan fingerprint density at radius 1 is 1.10 bits per heavy atom. The zero-order chi connectivity index (χ0) is 19.5. The van der Waals surface area contributed by atoms with Crippen LogP contribution in [-0.2, 0) is 13.6 Å². The molecule has 6 rings (SSSR count). The summed E-state index contributed by atoms with van der Waals surface area (Å²) >= 11 is 0. The molecule has 140 valence electrons. The van der Waals surface area contributed by atoms with Crippen molar-refractivity contribution in [1.29, 1.82) is 0 Å². The standard InChI is InChI=1S/C21H16N8/c1-3-13-5-4-11(8-22-13)19-17-14-7-16-15(26-28-27-16)6-12(14)9-23-20-18(17)21(29(19)2)25-10-24-20/h3-8,10H,1,9H2,2H3,(H,23,24,25)(H,26,27,28). The van der Waals surface area contributed by atoms with Crippen molar-refractivity contribution in [2.24, 2.45) is 7.05 Å². The van der Waals surface area contributed by atoms with E-state index in [-0.39, 0.29) is 0 Å². The zero-order valence-corrected chi connectivity index (χ0v) is 15.6. The van der Waals surface area contributed by atoms with Gasteiger partial charge in [-0.1, -0.05) is 6.58 Å². The van der Waals surface area contributed by atoms with Crippen LogP contribution in [0.25, 0.3) is 50.5 Å². The lowest BCUT2D eigenvalue weighted by Gasteiger charge is -2.11. The van der Waals surface area contributed by atoms with Gasteiger partial charge < -0.3 is 9.88 Å². The Bertz CT molecular complexity index is 1430. The molecule has 4 aromatic heterocycles. The molecule has 2 N–H and O–H groups in total. The summed E-state index contributed by atoms with van der Waals surface area (Å²) in [7, 11) is 2.02. The molecule has 0 spiro atoms. The Morgan fingerprint density at radius 2 is 1.97 bits per heavy atom. The third-order valence-electron chi connectivity index (χ3n) is 5.49. The highest BCUT2D eigenvalue weighted by molar-refractivity contribution is 6.10. The molecule has 5 aromatic rings. The fraction of sp³-hybridized carbons (Fsp3) is 0.0952. The summed E-state index contributed by atoms with van der Waals surface area (Å²) in [6.07, 6.45) is 5.22. The Balaban J connectivity index is 1.76. The van der Waals surface area contributed by atoms with Crippen LogP contribution in [0.3, 0.4) is 0 Å². The highest BCUT2D eigenvalue weighted by atomic mass is 15.3. The van der Waals surface area contributed by atoms with Crippen molar-refractivity contribution in [3.05, 3.63) is 54.6 Å². The minimum absolute atomic E-state index is 0.649. The molecule has 5 heterocycles. The maximum Gasteiger partial charge on any atom is 0.146 e. The van der Waals surface area contributed by atoms with E-state index >= 15 is 0 Å². The molecule has 0 saturated carbocycles. The summed E-state index contributed by atoms with van der Waals surface area (Å²) in [6.45, 7) is 4.44. The van der Waals surface area contributed by atoms with Crippen LogP contribution in [0.2, 0.25) is 0 Å². The number of nitrogens with zero attached hydrogens (tertiary/aromatic N) is 6. The molecule has 0 bridgehead atoms. The molecule has 0 fully saturated rings. The van der Waals surface area contributed by atoms with E-state index < -0.39 is 0 Å². The van der Waals surface area contributed by atoms with Crippen LogP contribution in [0.15, 0.2) is 43.4 Å². The lowest BCUT2D eigenvalue weighted by molar-refractivity contribution is 0.949. The molecule has 1 aromatic carbocycles. The largest absolute Gasteiger partial charge is 0.365 e. The molecule has 29 heavy (non-hydrogen) atoms. The predicted octanol–water partition coefficient (Wildman–Crippen LogP) is 3.54. The summed E-state index contributed by atoms with van der Waals surface area (Å²) < 4.78 is 2.10. The number of pyridine rings is 1. The highest BCUT2D eigenvalue weighted by Crippen LogP contribution is 2.45. The molecule has 0 radical (unpaired) electrons. The third-order valence-corrected chi connectivity index (χ3v) is 5.49. The maximum absolute atomic E-state index is 4.57. The monoisotopic (exact) mass is 380 g/mol. The van der Waals surface area contributed by atoms with E-state index in [9.17, 15) is 0 Å². The molecule has 0 amide bonds. The van der Waals surface area contributed by atoms with Gasteiger partial charge in [0, 0.05) is 30.9 Å². The fourth-order valence-electron chi connectivity index (χ4n) is 4.14. The minimum atomic E-state index is 0.649. The average molecular weight is 380 g/mol. The summed E-state index contributed by atoms with van der Waals surface area (Å²) in [5, 5.41) is 15.7. The Kier molecular flexibility index (Phi) is 3.14. The Hall–Kier alpha value is -4.07. The van der Waals surface area contributed by atoms with Gasteiger partial charge >= 0.3 is 0 Å². The van der Waals surface area contributed by atoms with Gasteiger partial charge in [0.15, 0.2) is 0 Å². The molecule has 1 aliphatic heterocycles. The molecule has 8 nitrogen and oxygen atoms in total. The second-order valence-electron chi connectivity index (χ2n) is 7.05. The number of nitrogens with one attached hydrogen (secondary N) is 2. The van der Waals surface area contributed by atoms with Gasteiger partial charge in [-0.3, -0.25) is 4.98 Å². The number of hydrogen-bond acceptors (Lipinski definition) is 6. The zero-order valence-electron chi connectivity index (χ0n) is 15.6. The van der Waals surface area contributed by atoms with Crippen LogP contribution in [0.5, 0.6) is 0 Å². The van der Waals surface area contributed by atoms with Crippen molar-refractivity contribution in [2.75, 3.05) is 5.32 Å². The number of anilines is 1. The van der Waals surface area contributed by atoms with Gasteiger partial charge in [0.05, 0.1) is 16.8 Å². The highest BCUT2D eigenvalue weighted by Gasteiger charge is 2.27. The first-order valence-corrected chi connectivity index (χ1v) is 9.24. The van der Waals surface area contributed by atoms with E-state index in [2.05, 4.69) is 65.0 Å². The number of aromatic amines is 1. The van der Waals surface area contributed by atoms with Gasteiger partial charge in [-0.2, -0.15) is 15.4 Å². The first kappa shape index (κ1) is 15.9. The third kappa shape index (κ3) is 2.16. The Morgan fingerprint density at radius 3 is 2.76 bits per heavy atom. The smallest absolute Gasteiger partial charge is 0.146 e. The van der Waals surface area contributed by atoms with Crippen molar-refractivity contribution < 1.29 is 0 Å². The van der Waals surface area contributed by atoms with Crippen LogP contribution in [-0.4, -0.2) is 34.9 Å². The van der Waals surface area contributed by atoms with Crippen molar-refractivity contribution >= 4 is 34.0 Å². The van der Waals surface area contributed by atoms with Crippen molar-refractivity contribution in [3.63, 3.8) is 0 Å². The molecule has 1 aliphatic rings. The second-order valence-corrected chi connectivity index (χ2v) is 7.05. The van der Waals surface area contributed by atoms with E-state index in [1.54, 1.807) is 12.4 Å². The SMILES string of the molecule is C=Cc1ccc(-c2c3c4c(ncnc4n2C)NCc2cc4n[nH]nc4cc2-3)cn1. The number of rotatable bonds is 2. The van der Waals surface area contributed by atoms with Crippen LogP contribution < -0.4 is 5.32 Å². The van der Waals surface area contributed by atoms with E-state index in [1.165, 1.54) is 0 Å². The molecule has 0 atom stereocenters. The van der Waals surface area contributed by atoms with Gasteiger partial charge in [-0.15, -0.1) is 0 Å². The lowest BCUT2D eigenvalue weighted by atomic mass is 9.95. The number of hydrogen-bond donors (Lipinski definition) is 2. The first-order valence-electron chi connectivity index (χ1n) is 9.24. The molecular formula is C21H16N8. The van der Waals surface area contributed by atoms with Gasteiger partial charge in [-0.05, 0) is 41.5 Å². The van der Waals surface area contributed by atoms with Crippen LogP contribution in [0.4, 0.5) is 5.82 Å². The fourth-order valence-corrected chi connectivity index (χ4v) is 4.14. The van der Waals surface area contributed by atoms with Crippen molar-refractivity contribution in [3.8, 4) is 22.4 Å².